The molecule has 1 amide bonds. The molecule has 2 aromatic rings. The summed E-state index contributed by atoms with van der Waals surface area (Å²) in [6, 6.07) is 8.20. The first-order valence-electron chi connectivity index (χ1n) is 5.25. The van der Waals surface area contributed by atoms with Crippen molar-refractivity contribution in [2.45, 2.75) is 6.04 Å². The predicted molar refractivity (Wildman–Crippen MR) is 63.1 cm³/mol. The minimum atomic E-state index is -1.13. The van der Waals surface area contributed by atoms with Crippen LogP contribution in [0.15, 0.2) is 42.7 Å². The standard InChI is InChI=1S/C12H11N3O3/c16-8-13-11(12(17)18)9-6-14-15(7-9)10-4-2-1-3-5-10/h1-8,11H,(H,13,16)(H,17,18). The molecule has 0 saturated heterocycles. The number of carboxylic acid groups (broad SMARTS) is 1. The molecule has 0 spiro atoms. The number of carbonyl (C=O) groups excluding carboxylic acids is 1. The van der Waals surface area contributed by atoms with Gasteiger partial charge in [0.05, 0.1) is 11.9 Å². The van der Waals surface area contributed by atoms with Crippen molar-refractivity contribution in [3.8, 4) is 5.69 Å². The molecule has 18 heavy (non-hydrogen) atoms. The van der Waals surface area contributed by atoms with E-state index in [9.17, 15) is 9.59 Å². The van der Waals surface area contributed by atoms with Crippen LogP contribution in [0.4, 0.5) is 0 Å². The third-order valence-electron chi connectivity index (χ3n) is 2.44. The van der Waals surface area contributed by atoms with Gasteiger partial charge in [-0.15, -0.1) is 0 Å². The average molecular weight is 245 g/mol. The summed E-state index contributed by atoms with van der Waals surface area (Å²) < 4.78 is 1.55. The quantitative estimate of drug-likeness (QED) is 0.761. The lowest BCUT2D eigenvalue weighted by Crippen LogP contribution is -2.26. The number of carbonyl (C=O) groups is 2. The van der Waals surface area contributed by atoms with E-state index in [1.807, 2.05) is 30.3 Å². The van der Waals surface area contributed by atoms with Crippen molar-refractivity contribution in [1.29, 1.82) is 0 Å². The van der Waals surface area contributed by atoms with Gasteiger partial charge in [-0.3, -0.25) is 4.79 Å². The zero-order valence-electron chi connectivity index (χ0n) is 9.35. The van der Waals surface area contributed by atoms with Crippen LogP contribution in [0.3, 0.4) is 0 Å². The first-order chi connectivity index (χ1) is 8.72. The van der Waals surface area contributed by atoms with Gasteiger partial charge in [-0.25, -0.2) is 9.48 Å². The SMILES string of the molecule is O=CNC(C(=O)O)c1cnn(-c2ccccc2)c1. The van der Waals surface area contributed by atoms with E-state index >= 15 is 0 Å². The summed E-state index contributed by atoms with van der Waals surface area (Å²) in [4.78, 5) is 21.3. The third-order valence-corrected chi connectivity index (χ3v) is 2.44. The Bertz CT molecular complexity index is 551. The normalized spacial score (nSPS) is 11.8. The molecule has 1 heterocycles. The van der Waals surface area contributed by atoms with Crippen LogP contribution in [0.2, 0.25) is 0 Å². The first-order valence-corrected chi connectivity index (χ1v) is 5.25. The molecular formula is C12H11N3O3. The van der Waals surface area contributed by atoms with Crippen molar-refractivity contribution >= 4 is 12.4 Å². The van der Waals surface area contributed by atoms with Crippen molar-refractivity contribution in [2.24, 2.45) is 0 Å². The number of rotatable bonds is 5. The Hall–Kier alpha value is -2.63. The third kappa shape index (κ3) is 2.37. The molecule has 0 aliphatic heterocycles. The largest absolute Gasteiger partial charge is 0.479 e. The second-order valence-electron chi connectivity index (χ2n) is 3.61. The monoisotopic (exact) mass is 245 g/mol. The molecule has 0 saturated carbocycles. The highest BCUT2D eigenvalue weighted by Gasteiger charge is 2.20. The van der Waals surface area contributed by atoms with Crippen LogP contribution in [-0.4, -0.2) is 27.3 Å². The number of carboxylic acids is 1. The minimum Gasteiger partial charge on any atom is -0.479 e. The average Bonchev–Trinajstić information content (AvgIpc) is 2.86. The summed E-state index contributed by atoms with van der Waals surface area (Å²) in [5.74, 6) is -1.13. The molecular weight excluding hydrogens is 234 g/mol. The first kappa shape index (κ1) is 11.8. The Morgan fingerprint density at radius 3 is 2.72 bits per heavy atom. The topological polar surface area (TPSA) is 84.2 Å². The van der Waals surface area contributed by atoms with E-state index in [0.29, 0.717) is 12.0 Å². The molecule has 6 nitrogen and oxygen atoms in total. The highest BCUT2D eigenvalue weighted by molar-refractivity contribution is 5.77. The molecule has 1 unspecified atom stereocenters. The molecule has 0 radical (unpaired) electrons. The van der Waals surface area contributed by atoms with E-state index < -0.39 is 12.0 Å². The Morgan fingerprint density at radius 1 is 1.39 bits per heavy atom. The Labute approximate surface area is 103 Å². The van der Waals surface area contributed by atoms with Gasteiger partial charge >= 0.3 is 5.97 Å². The molecule has 2 N–H and O–H groups in total. The van der Waals surface area contributed by atoms with Crippen LogP contribution < -0.4 is 5.32 Å². The van der Waals surface area contributed by atoms with Gasteiger partial charge in [0.15, 0.2) is 6.04 Å². The van der Waals surface area contributed by atoms with Gasteiger partial charge in [-0.2, -0.15) is 5.10 Å². The number of amides is 1. The Balaban J connectivity index is 2.29. The molecule has 1 atom stereocenters. The number of para-hydroxylation sites is 1. The number of aliphatic carboxylic acids is 1. The zero-order valence-corrected chi connectivity index (χ0v) is 9.35. The second-order valence-corrected chi connectivity index (χ2v) is 3.61. The lowest BCUT2D eigenvalue weighted by Gasteiger charge is -2.07. The van der Waals surface area contributed by atoms with E-state index in [4.69, 9.17) is 5.11 Å². The number of nitrogens with zero attached hydrogens (tertiary/aromatic N) is 2. The van der Waals surface area contributed by atoms with Gasteiger partial charge in [0.25, 0.3) is 0 Å². The van der Waals surface area contributed by atoms with Crippen LogP contribution in [0.5, 0.6) is 0 Å². The summed E-state index contributed by atoms with van der Waals surface area (Å²) in [5.41, 5.74) is 1.23. The van der Waals surface area contributed by atoms with E-state index in [1.165, 1.54) is 6.20 Å². The van der Waals surface area contributed by atoms with E-state index in [1.54, 1.807) is 10.9 Å². The molecule has 2 rings (SSSR count). The van der Waals surface area contributed by atoms with E-state index in [2.05, 4.69) is 10.4 Å². The summed E-state index contributed by atoms with van der Waals surface area (Å²) in [6.07, 6.45) is 3.35. The number of hydrogen-bond acceptors (Lipinski definition) is 3. The molecule has 0 fully saturated rings. The summed E-state index contributed by atoms with van der Waals surface area (Å²) in [6.45, 7) is 0. The van der Waals surface area contributed by atoms with Gasteiger partial charge in [-0.1, -0.05) is 18.2 Å². The molecule has 1 aromatic heterocycles. The lowest BCUT2D eigenvalue weighted by atomic mass is 10.2. The van der Waals surface area contributed by atoms with Crippen LogP contribution in [0.25, 0.3) is 5.69 Å². The van der Waals surface area contributed by atoms with Crippen molar-refractivity contribution < 1.29 is 14.7 Å². The van der Waals surface area contributed by atoms with Gasteiger partial charge < -0.3 is 10.4 Å². The zero-order chi connectivity index (χ0) is 13.0. The summed E-state index contributed by atoms with van der Waals surface area (Å²) >= 11 is 0. The highest BCUT2D eigenvalue weighted by atomic mass is 16.4. The van der Waals surface area contributed by atoms with E-state index in [0.717, 1.165) is 5.69 Å². The molecule has 6 heteroatoms. The Kier molecular flexibility index (Phi) is 3.38. The molecule has 0 bridgehead atoms. The number of hydrogen-bond donors (Lipinski definition) is 2. The maximum Gasteiger partial charge on any atom is 0.331 e. The minimum absolute atomic E-state index is 0.360. The number of nitrogens with one attached hydrogen (secondary N) is 1. The van der Waals surface area contributed by atoms with Gasteiger partial charge in [0, 0.05) is 11.8 Å². The van der Waals surface area contributed by atoms with Gasteiger partial charge in [-0.05, 0) is 12.1 Å². The molecule has 0 aliphatic carbocycles. The molecule has 92 valence electrons. The highest BCUT2D eigenvalue weighted by Crippen LogP contribution is 2.14. The van der Waals surface area contributed by atoms with Crippen LogP contribution in [0, 0.1) is 0 Å². The Morgan fingerprint density at radius 2 is 2.11 bits per heavy atom. The number of benzene rings is 1. The van der Waals surface area contributed by atoms with Crippen LogP contribution in [-0.2, 0) is 9.59 Å². The fourth-order valence-corrected chi connectivity index (χ4v) is 1.59. The molecule has 0 aliphatic rings. The molecule has 1 aromatic carbocycles. The fourth-order valence-electron chi connectivity index (χ4n) is 1.59. The van der Waals surface area contributed by atoms with Crippen molar-refractivity contribution in [1.82, 2.24) is 15.1 Å². The van der Waals surface area contributed by atoms with Crippen molar-refractivity contribution in [3.05, 3.63) is 48.3 Å². The van der Waals surface area contributed by atoms with Crippen LogP contribution >= 0.6 is 0 Å². The van der Waals surface area contributed by atoms with Gasteiger partial charge in [0.2, 0.25) is 6.41 Å². The fraction of sp³-hybridized carbons (Fsp3) is 0.0833. The van der Waals surface area contributed by atoms with E-state index in [-0.39, 0.29) is 0 Å². The number of aromatic nitrogens is 2. The summed E-state index contributed by atoms with van der Waals surface area (Å²) in [5, 5.41) is 15.3. The van der Waals surface area contributed by atoms with Crippen molar-refractivity contribution in [3.63, 3.8) is 0 Å². The van der Waals surface area contributed by atoms with Crippen molar-refractivity contribution in [2.75, 3.05) is 0 Å². The lowest BCUT2D eigenvalue weighted by molar-refractivity contribution is -0.140. The maximum absolute atomic E-state index is 11.0. The van der Waals surface area contributed by atoms with Crippen LogP contribution in [0.1, 0.15) is 11.6 Å². The van der Waals surface area contributed by atoms with Gasteiger partial charge in [0.1, 0.15) is 0 Å². The smallest absolute Gasteiger partial charge is 0.331 e. The maximum atomic E-state index is 11.0. The second kappa shape index (κ2) is 5.13. The summed E-state index contributed by atoms with van der Waals surface area (Å²) in [7, 11) is 0. The predicted octanol–water partition coefficient (Wildman–Crippen LogP) is 0.744.